The van der Waals surface area contributed by atoms with Crippen molar-refractivity contribution in [2.75, 3.05) is 26.9 Å². The number of likely N-dealkylation sites (N-methyl/N-ethyl adjacent to an activating group) is 1. The summed E-state index contributed by atoms with van der Waals surface area (Å²) in [4.78, 5) is 13.3. The Hall–Kier alpha value is -0.910. The van der Waals surface area contributed by atoms with Crippen molar-refractivity contribution < 1.29 is 19.4 Å². The van der Waals surface area contributed by atoms with E-state index in [9.17, 15) is 9.90 Å². The molecule has 6 aliphatic rings. The quantitative estimate of drug-likeness (QED) is 0.283. The van der Waals surface area contributed by atoms with Gasteiger partial charge in [-0.25, -0.2) is 0 Å². The van der Waals surface area contributed by atoms with Crippen LogP contribution in [0.5, 0.6) is 0 Å². The standard InChI is InChI=1S/C39H65NO4/c1-25(2)27(4)34(5)19-20-36(7)28-13-14-30-35(6)22-43-24-39(30,29(28)15-18-37(36,8)31(34)33(41)42)21-26(3)32(35)44-23-38(40-9)16-11-10-12-17-38/h15,25-28,30-32,40H,10-14,16-24H2,1-9H3,(H,41,42)/t26-,27-,28+,30+,31-,32+,34-,35-,36-,37+,39+/m1/s1. The lowest BCUT2D eigenvalue weighted by Crippen LogP contribution is -2.69. The molecule has 2 N–H and O–H groups in total. The van der Waals surface area contributed by atoms with Crippen LogP contribution in [0.2, 0.25) is 0 Å². The summed E-state index contributed by atoms with van der Waals surface area (Å²) in [5, 5.41) is 14.7. The maximum Gasteiger partial charge on any atom is 0.307 e. The minimum absolute atomic E-state index is 0.00554. The van der Waals surface area contributed by atoms with Gasteiger partial charge in [0.2, 0.25) is 0 Å². The number of fused-ring (bicyclic) bond motifs is 3. The largest absolute Gasteiger partial charge is 0.481 e. The summed E-state index contributed by atoms with van der Waals surface area (Å²) in [7, 11) is 2.13. The van der Waals surface area contributed by atoms with Gasteiger partial charge in [-0.2, -0.15) is 0 Å². The van der Waals surface area contributed by atoms with Crippen LogP contribution in [0, 0.1) is 62.6 Å². The summed E-state index contributed by atoms with van der Waals surface area (Å²) >= 11 is 0. The molecule has 2 bridgehead atoms. The zero-order valence-corrected chi connectivity index (χ0v) is 29.7. The second-order valence-corrected chi connectivity index (χ2v) is 18.3. The summed E-state index contributed by atoms with van der Waals surface area (Å²) in [5.41, 5.74) is 1.32. The lowest BCUT2D eigenvalue weighted by Gasteiger charge is -2.71. The molecule has 5 heteroatoms. The van der Waals surface area contributed by atoms with Gasteiger partial charge in [-0.3, -0.25) is 4.79 Å². The molecule has 11 atom stereocenters. The SMILES string of the molecule is CNC1(CO[C@H]2[C@H](C)C[C@@]34COC[C@]2(C)[C@@H]3CC[C@H]2C4=CC[C@@]3(C)[C@H](C(=O)O)[C@@](C)([C@H](C)C(C)C)CC[C@]23C)CCCCC1. The molecule has 6 rings (SSSR count). The Morgan fingerprint density at radius 2 is 1.73 bits per heavy atom. The number of carboxylic acids is 1. The van der Waals surface area contributed by atoms with Crippen molar-refractivity contribution in [3.63, 3.8) is 0 Å². The van der Waals surface area contributed by atoms with Crippen molar-refractivity contribution in [2.24, 2.45) is 62.6 Å². The Morgan fingerprint density at radius 1 is 1.02 bits per heavy atom. The van der Waals surface area contributed by atoms with Crippen molar-refractivity contribution in [3.05, 3.63) is 11.6 Å². The molecule has 4 saturated carbocycles. The molecule has 1 saturated heterocycles. The summed E-state index contributed by atoms with van der Waals surface area (Å²) in [6.07, 6.45) is 15.6. The Kier molecular flexibility index (Phi) is 8.31. The van der Waals surface area contributed by atoms with Crippen LogP contribution < -0.4 is 5.32 Å². The topological polar surface area (TPSA) is 67.8 Å². The summed E-state index contributed by atoms with van der Waals surface area (Å²) in [6, 6.07) is 0. The Balaban J connectivity index is 1.34. The Morgan fingerprint density at radius 3 is 2.36 bits per heavy atom. The van der Waals surface area contributed by atoms with E-state index >= 15 is 0 Å². The molecule has 0 spiro atoms. The van der Waals surface area contributed by atoms with Gasteiger partial charge >= 0.3 is 5.97 Å². The molecule has 0 aromatic rings. The van der Waals surface area contributed by atoms with Crippen LogP contribution in [0.15, 0.2) is 11.6 Å². The lowest BCUT2D eigenvalue weighted by atomic mass is 9.34. The molecule has 5 nitrogen and oxygen atoms in total. The van der Waals surface area contributed by atoms with Crippen molar-refractivity contribution in [1.29, 1.82) is 0 Å². The molecule has 44 heavy (non-hydrogen) atoms. The molecule has 0 aromatic heterocycles. The highest BCUT2D eigenvalue weighted by Crippen LogP contribution is 2.75. The Bertz CT molecular complexity index is 1140. The fourth-order valence-electron chi connectivity index (χ4n) is 13.3. The third-order valence-corrected chi connectivity index (χ3v) is 16.2. The van der Waals surface area contributed by atoms with Crippen molar-refractivity contribution in [2.45, 2.75) is 138 Å². The molecule has 5 fully saturated rings. The van der Waals surface area contributed by atoms with Crippen molar-refractivity contribution in [1.82, 2.24) is 5.32 Å². The van der Waals surface area contributed by atoms with Gasteiger partial charge in [0.1, 0.15) is 0 Å². The smallest absolute Gasteiger partial charge is 0.307 e. The van der Waals surface area contributed by atoms with E-state index in [1.54, 1.807) is 5.57 Å². The highest BCUT2D eigenvalue weighted by molar-refractivity contribution is 5.73. The van der Waals surface area contributed by atoms with Crippen LogP contribution in [0.1, 0.15) is 126 Å². The summed E-state index contributed by atoms with van der Waals surface area (Å²) < 4.78 is 13.8. The minimum atomic E-state index is -0.575. The summed E-state index contributed by atoms with van der Waals surface area (Å²) in [6.45, 7) is 21.4. The van der Waals surface area contributed by atoms with Crippen molar-refractivity contribution >= 4 is 5.97 Å². The van der Waals surface area contributed by atoms with Gasteiger partial charge in [-0.1, -0.05) is 86.3 Å². The highest BCUT2D eigenvalue weighted by Gasteiger charge is 2.71. The van der Waals surface area contributed by atoms with Gasteiger partial charge < -0.3 is 19.9 Å². The number of rotatable bonds is 7. The van der Waals surface area contributed by atoms with Gasteiger partial charge in [-0.05, 0) is 104 Å². The predicted molar refractivity (Wildman–Crippen MR) is 177 cm³/mol. The molecule has 250 valence electrons. The Labute approximate surface area is 269 Å². The van der Waals surface area contributed by atoms with E-state index in [1.165, 1.54) is 44.9 Å². The number of aliphatic carboxylic acids is 1. The van der Waals surface area contributed by atoms with E-state index in [0.717, 1.165) is 45.5 Å². The monoisotopic (exact) mass is 611 g/mol. The van der Waals surface area contributed by atoms with Crippen LogP contribution in [0.3, 0.4) is 0 Å². The van der Waals surface area contributed by atoms with E-state index in [1.807, 2.05) is 0 Å². The fourth-order valence-corrected chi connectivity index (χ4v) is 13.3. The van der Waals surface area contributed by atoms with Crippen LogP contribution >= 0.6 is 0 Å². The molecular weight excluding hydrogens is 546 g/mol. The second kappa shape index (κ2) is 11.1. The molecule has 0 unspecified atom stereocenters. The highest BCUT2D eigenvalue weighted by atomic mass is 16.5. The minimum Gasteiger partial charge on any atom is -0.481 e. The van der Waals surface area contributed by atoms with Gasteiger partial charge in [0, 0.05) is 16.4 Å². The molecular formula is C39H65NO4. The number of carboxylic acid groups (broad SMARTS) is 1. The number of hydrogen-bond acceptors (Lipinski definition) is 4. The van der Waals surface area contributed by atoms with Gasteiger partial charge in [0.05, 0.1) is 31.8 Å². The first kappa shape index (κ1) is 33.0. The predicted octanol–water partition coefficient (Wildman–Crippen LogP) is 8.52. The average Bonchev–Trinajstić information content (AvgIpc) is 2.97. The van der Waals surface area contributed by atoms with Gasteiger partial charge in [0.15, 0.2) is 0 Å². The first-order valence-electron chi connectivity index (χ1n) is 18.5. The van der Waals surface area contributed by atoms with Gasteiger partial charge in [-0.15, -0.1) is 0 Å². The lowest BCUT2D eigenvalue weighted by molar-refractivity contribution is -0.253. The average molecular weight is 612 g/mol. The number of nitrogens with one attached hydrogen (secondary N) is 1. The van der Waals surface area contributed by atoms with Crippen LogP contribution in [-0.4, -0.2) is 49.6 Å². The molecule has 0 amide bonds. The van der Waals surface area contributed by atoms with E-state index in [4.69, 9.17) is 9.47 Å². The molecule has 0 aromatic carbocycles. The van der Waals surface area contributed by atoms with E-state index in [-0.39, 0.29) is 44.6 Å². The maximum absolute atomic E-state index is 13.3. The third kappa shape index (κ3) is 4.43. The molecule has 5 aliphatic carbocycles. The molecule has 1 aliphatic heterocycles. The number of allylic oxidation sites excluding steroid dienone is 1. The number of carbonyl (C=O) groups is 1. The van der Waals surface area contributed by atoms with E-state index in [2.05, 4.69) is 73.8 Å². The second-order valence-electron chi connectivity index (χ2n) is 18.3. The molecule has 0 radical (unpaired) electrons. The van der Waals surface area contributed by atoms with E-state index in [0.29, 0.717) is 29.6 Å². The first-order valence-corrected chi connectivity index (χ1v) is 18.5. The zero-order chi connectivity index (χ0) is 31.9. The van der Waals surface area contributed by atoms with Crippen LogP contribution in [-0.2, 0) is 14.3 Å². The van der Waals surface area contributed by atoms with Crippen LogP contribution in [0.4, 0.5) is 0 Å². The van der Waals surface area contributed by atoms with Crippen molar-refractivity contribution in [3.8, 4) is 0 Å². The molecule has 1 heterocycles. The number of hydrogen-bond donors (Lipinski definition) is 2. The third-order valence-electron chi connectivity index (χ3n) is 16.2. The number of ether oxygens (including phenoxy) is 2. The fraction of sp³-hybridized carbons (Fsp3) is 0.923. The normalized spacial score (nSPS) is 48.9. The van der Waals surface area contributed by atoms with Crippen LogP contribution in [0.25, 0.3) is 0 Å². The summed E-state index contributed by atoms with van der Waals surface area (Å²) in [5.74, 6) is 1.38. The zero-order valence-electron chi connectivity index (χ0n) is 29.7. The first-order chi connectivity index (χ1) is 20.6. The van der Waals surface area contributed by atoms with Gasteiger partial charge in [0.25, 0.3) is 0 Å². The van der Waals surface area contributed by atoms with E-state index < -0.39 is 5.97 Å². The maximum atomic E-state index is 13.3.